The molecular formula is C16H14F3NO3. The smallest absolute Gasteiger partial charge is 0.416 e. The maximum Gasteiger partial charge on any atom is 0.416 e. The Morgan fingerprint density at radius 3 is 2.57 bits per heavy atom. The molecule has 0 atom stereocenters. The average Bonchev–Trinajstić information content (AvgIpc) is 2.92. The predicted octanol–water partition coefficient (Wildman–Crippen LogP) is 3.97. The first-order valence-electron chi connectivity index (χ1n) is 6.84. The summed E-state index contributed by atoms with van der Waals surface area (Å²) in [6.45, 7) is 2.00. The van der Waals surface area contributed by atoms with Gasteiger partial charge in [-0.1, -0.05) is 12.1 Å². The number of benzene rings is 1. The minimum atomic E-state index is -4.35. The van der Waals surface area contributed by atoms with Crippen molar-refractivity contribution in [3.8, 4) is 0 Å². The Labute approximate surface area is 130 Å². The molecule has 0 bridgehead atoms. The van der Waals surface area contributed by atoms with Crippen LogP contribution in [0.25, 0.3) is 12.2 Å². The van der Waals surface area contributed by atoms with Gasteiger partial charge in [0.15, 0.2) is 0 Å². The molecule has 2 rings (SSSR count). The normalized spacial score (nSPS) is 11.8. The Morgan fingerprint density at radius 1 is 1.26 bits per heavy atom. The van der Waals surface area contributed by atoms with Gasteiger partial charge in [0, 0.05) is 6.08 Å². The maximum atomic E-state index is 12.5. The van der Waals surface area contributed by atoms with Crippen molar-refractivity contribution in [3.63, 3.8) is 0 Å². The fourth-order valence-corrected chi connectivity index (χ4v) is 1.79. The van der Waals surface area contributed by atoms with Crippen LogP contribution in [0.2, 0.25) is 0 Å². The zero-order valence-electron chi connectivity index (χ0n) is 12.3. The molecular weight excluding hydrogens is 311 g/mol. The molecule has 0 aliphatic rings. The maximum absolute atomic E-state index is 12.5. The lowest BCUT2D eigenvalue weighted by Gasteiger charge is -2.05. The number of carbonyl (C=O) groups is 1. The molecule has 0 aliphatic heterocycles. The van der Waals surface area contributed by atoms with Crippen molar-refractivity contribution >= 4 is 18.1 Å². The fourth-order valence-electron chi connectivity index (χ4n) is 1.79. The zero-order valence-corrected chi connectivity index (χ0v) is 12.3. The molecule has 0 N–H and O–H groups in total. The summed E-state index contributed by atoms with van der Waals surface area (Å²) in [6.07, 6.45) is 0.0684. The van der Waals surface area contributed by atoms with Crippen LogP contribution in [0, 0.1) is 0 Å². The van der Waals surface area contributed by atoms with E-state index in [1.165, 1.54) is 24.5 Å². The van der Waals surface area contributed by atoms with Crippen LogP contribution in [0.15, 0.2) is 34.9 Å². The van der Waals surface area contributed by atoms with Crippen molar-refractivity contribution in [2.75, 3.05) is 6.61 Å². The number of rotatable bonds is 5. The van der Waals surface area contributed by atoms with E-state index in [9.17, 15) is 18.0 Å². The molecule has 23 heavy (non-hydrogen) atoms. The fraction of sp³-hybridized carbons (Fsp3) is 0.250. The van der Waals surface area contributed by atoms with Crippen LogP contribution in [0.5, 0.6) is 0 Å². The highest BCUT2D eigenvalue weighted by Crippen LogP contribution is 2.29. The van der Waals surface area contributed by atoms with Crippen molar-refractivity contribution in [3.05, 3.63) is 53.2 Å². The van der Waals surface area contributed by atoms with E-state index in [0.29, 0.717) is 11.3 Å². The van der Waals surface area contributed by atoms with Gasteiger partial charge in [-0.05, 0) is 30.7 Å². The van der Waals surface area contributed by atoms with Crippen LogP contribution >= 0.6 is 0 Å². The second-order valence-electron chi connectivity index (χ2n) is 4.61. The Bertz CT molecular complexity index is 687. The third-order valence-electron chi connectivity index (χ3n) is 2.86. The molecule has 1 heterocycles. The third-order valence-corrected chi connectivity index (χ3v) is 2.86. The lowest BCUT2D eigenvalue weighted by molar-refractivity contribution is -0.142. The summed E-state index contributed by atoms with van der Waals surface area (Å²) in [5.74, 6) is -0.150. The van der Waals surface area contributed by atoms with Gasteiger partial charge < -0.3 is 9.15 Å². The highest BCUT2D eigenvalue weighted by atomic mass is 19.4. The molecule has 0 radical (unpaired) electrons. The molecule has 1 aromatic carbocycles. The second kappa shape index (κ2) is 7.13. The number of ether oxygens (including phenoxy) is 1. The number of nitrogens with zero attached hydrogens (tertiary/aromatic N) is 1. The third kappa shape index (κ3) is 4.98. The van der Waals surface area contributed by atoms with E-state index >= 15 is 0 Å². The Kier molecular flexibility index (Phi) is 5.20. The lowest BCUT2D eigenvalue weighted by Crippen LogP contribution is -2.07. The first-order valence-corrected chi connectivity index (χ1v) is 6.84. The molecule has 0 unspecified atom stereocenters. The van der Waals surface area contributed by atoms with E-state index in [2.05, 4.69) is 4.98 Å². The quantitative estimate of drug-likeness (QED) is 0.781. The largest absolute Gasteiger partial charge is 0.466 e. The van der Waals surface area contributed by atoms with Crippen molar-refractivity contribution < 1.29 is 27.1 Å². The van der Waals surface area contributed by atoms with E-state index in [1.807, 2.05) is 0 Å². The molecule has 122 valence electrons. The number of oxazole rings is 1. The summed E-state index contributed by atoms with van der Waals surface area (Å²) >= 11 is 0. The van der Waals surface area contributed by atoms with Gasteiger partial charge in [0.2, 0.25) is 5.89 Å². The SMILES string of the molecule is CCOC(=O)Cc1coc(C=Cc2ccc(C(F)(F)F)cc2)n1. The Hall–Kier alpha value is -2.57. The molecule has 0 fully saturated rings. The van der Waals surface area contributed by atoms with Gasteiger partial charge in [-0.15, -0.1) is 0 Å². The van der Waals surface area contributed by atoms with Crippen molar-refractivity contribution in [2.45, 2.75) is 19.5 Å². The predicted molar refractivity (Wildman–Crippen MR) is 77.2 cm³/mol. The minimum Gasteiger partial charge on any atom is -0.466 e. The van der Waals surface area contributed by atoms with Gasteiger partial charge >= 0.3 is 12.1 Å². The lowest BCUT2D eigenvalue weighted by atomic mass is 10.1. The molecule has 4 nitrogen and oxygen atoms in total. The minimum absolute atomic E-state index is 0.00542. The summed E-state index contributed by atoms with van der Waals surface area (Å²) in [4.78, 5) is 15.4. The number of alkyl halides is 3. The van der Waals surface area contributed by atoms with Crippen molar-refractivity contribution in [2.24, 2.45) is 0 Å². The molecule has 1 aromatic heterocycles. The van der Waals surface area contributed by atoms with Crippen LogP contribution in [-0.4, -0.2) is 17.6 Å². The topological polar surface area (TPSA) is 52.3 Å². The van der Waals surface area contributed by atoms with E-state index in [-0.39, 0.29) is 18.9 Å². The van der Waals surface area contributed by atoms with Gasteiger partial charge in [-0.25, -0.2) is 4.98 Å². The van der Waals surface area contributed by atoms with Crippen LogP contribution in [0.1, 0.15) is 29.6 Å². The van der Waals surface area contributed by atoms with E-state index < -0.39 is 17.7 Å². The van der Waals surface area contributed by atoms with Gasteiger partial charge in [0.1, 0.15) is 6.26 Å². The molecule has 0 saturated heterocycles. The number of aromatic nitrogens is 1. The average molecular weight is 325 g/mol. The molecule has 0 spiro atoms. The number of halogens is 3. The van der Waals surface area contributed by atoms with Crippen LogP contribution in [0.3, 0.4) is 0 Å². The van der Waals surface area contributed by atoms with E-state index in [4.69, 9.17) is 9.15 Å². The summed E-state index contributed by atoms with van der Waals surface area (Å²) < 4.78 is 47.3. The summed E-state index contributed by atoms with van der Waals surface area (Å²) in [6, 6.07) is 4.70. The van der Waals surface area contributed by atoms with Crippen LogP contribution in [-0.2, 0) is 22.1 Å². The Balaban J connectivity index is 2.00. The van der Waals surface area contributed by atoms with E-state index in [1.54, 1.807) is 13.0 Å². The van der Waals surface area contributed by atoms with Gasteiger partial charge in [0.25, 0.3) is 0 Å². The zero-order chi connectivity index (χ0) is 16.9. The number of hydrogen-bond donors (Lipinski definition) is 0. The Morgan fingerprint density at radius 2 is 1.96 bits per heavy atom. The molecule has 7 heteroatoms. The van der Waals surface area contributed by atoms with Crippen molar-refractivity contribution in [1.29, 1.82) is 0 Å². The number of carbonyl (C=O) groups excluding carboxylic acids is 1. The second-order valence-corrected chi connectivity index (χ2v) is 4.61. The summed E-state index contributed by atoms with van der Waals surface area (Å²) in [5, 5.41) is 0. The van der Waals surface area contributed by atoms with Crippen LogP contribution < -0.4 is 0 Å². The van der Waals surface area contributed by atoms with E-state index in [0.717, 1.165) is 12.1 Å². The number of esters is 1. The first-order chi connectivity index (χ1) is 10.9. The molecule has 0 aliphatic carbocycles. The standard InChI is InChI=1S/C16H14F3NO3/c1-2-22-15(21)9-13-10-23-14(20-13)8-5-11-3-6-12(7-4-11)16(17,18)19/h3-8,10H,2,9H2,1H3. The summed E-state index contributed by atoms with van der Waals surface area (Å²) in [7, 11) is 0. The van der Waals surface area contributed by atoms with Gasteiger partial charge in [-0.2, -0.15) is 13.2 Å². The van der Waals surface area contributed by atoms with Crippen molar-refractivity contribution in [1.82, 2.24) is 4.98 Å². The monoisotopic (exact) mass is 325 g/mol. The van der Waals surface area contributed by atoms with Gasteiger partial charge in [0.05, 0.1) is 24.3 Å². The molecule has 0 saturated carbocycles. The molecule has 2 aromatic rings. The van der Waals surface area contributed by atoms with Crippen LogP contribution in [0.4, 0.5) is 13.2 Å². The molecule has 0 amide bonds. The highest BCUT2D eigenvalue weighted by molar-refractivity contribution is 5.72. The highest BCUT2D eigenvalue weighted by Gasteiger charge is 2.29. The number of hydrogen-bond acceptors (Lipinski definition) is 4. The summed E-state index contributed by atoms with van der Waals surface area (Å²) in [5.41, 5.74) is 0.293. The van der Waals surface area contributed by atoms with Gasteiger partial charge in [-0.3, -0.25) is 4.79 Å². The first kappa shape index (κ1) is 16.8.